The molecule has 35 heavy (non-hydrogen) atoms. The average Bonchev–Trinajstić information content (AvgIpc) is 2.84. The van der Waals surface area contributed by atoms with Gasteiger partial charge in [0, 0.05) is 25.5 Å². The summed E-state index contributed by atoms with van der Waals surface area (Å²) < 4.78 is 16.2. The van der Waals surface area contributed by atoms with Crippen LogP contribution in [0.15, 0.2) is 54.6 Å². The largest absolute Gasteiger partial charge is 0.508 e. The SMILES string of the molecule is COc1cccc(CCCO[C@@]2(C(=O)O)C[C@H](O)[C@@H](O)[C@H](OC(=O)C=Cc3ccc(O)cc3)C2)c1. The highest BCUT2D eigenvalue weighted by Gasteiger charge is 2.52. The number of aliphatic hydroxyl groups is 2. The van der Waals surface area contributed by atoms with Gasteiger partial charge >= 0.3 is 11.9 Å². The molecule has 0 aliphatic heterocycles. The molecule has 1 aliphatic carbocycles. The predicted octanol–water partition coefficient (Wildman–Crippen LogP) is 2.31. The molecule has 0 amide bonds. The zero-order chi connectivity index (χ0) is 25.4. The number of rotatable bonds is 10. The number of carbonyl (C=O) groups excluding carboxylic acids is 1. The summed E-state index contributed by atoms with van der Waals surface area (Å²) in [5, 5.41) is 39.9. The Morgan fingerprint density at radius 3 is 2.54 bits per heavy atom. The maximum atomic E-state index is 12.3. The minimum atomic E-state index is -1.81. The van der Waals surface area contributed by atoms with Crippen molar-refractivity contribution in [2.75, 3.05) is 13.7 Å². The molecule has 0 unspecified atom stereocenters. The summed E-state index contributed by atoms with van der Waals surface area (Å²) in [6, 6.07) is 13.6. The summed E-state index contributed by atoms with van der Waals surface area (Å²) in [4.78, 5) is 24.4. The summed E-state index contributed by atoms with van der Waals surface area (Å²) in [6.45, 7) is 0.0910. The Kier molecular flexibility index (Phi) is 8.86. The van der Waals surface area contributed by atoms with Crippen molar-refractivity contribution < 1.29 is 44.2 Å². The molecule has 4 N–H and O–H groups in total. The first kappa shape index (κ1) is 26.2. The molecule has 3 rings (SSSR count). The Morgan fingerprint density at radius 2 is 1.86 bits per heavy atom. The van der Waals surface area contributed by atoms with E-state index >= 15 is 0 Å². The lowest BCUT2D eigenvalue weighted by atomic mass is 9.79. The average molecular weight is 487 g/mol. The lowest BCUT2D eigenvalue weighted by molar-refractivity contribution is -0.207. The zero-order valence-electron chi connectivity index (χ0n) is 19.4. The standard InChI is InChI=1S/C26H30O9/c1-33-20-6-2-4-18(14-20)5-3-13-34-26(25(31)32)15-21(28)24(30)22(16-26)35-23(29)12-9-17-7-10-19(27)11-8-17/h2,4,6-12,14,21-22,24,27-28,30H,3,5,13,15-16H2,1H3,(H,31,32)/t21-,22+,24+,26-/m0/s1. The van der Waals surface area contributed by atoms with Gasteiger partial charge < -0.3 is 34.6 Å². The van der Waals surface area contributed by atoms with Crippen LogP contribution >= 0.6 is 0 Å². The van der Waals surface area contributed by atoms with Crippen LogP contribution in [0.2, 0.25) is 0 Å². The number of carboxylic acid groups (broad SMARTS) is 1. The van der Waals surface area contributed by atoms with Gasteiger partial charge in [0.25, 0.3) is 0 Å². The van der Waals surface area contributed by atoms with Crippen molar-refractivity contribution in [2.45, 2.75) is 49.6 Å². The van der Waals surface area contributed by atoms with E-state index in [2.05, 4.69) is 0 Å². The van der Waals surface area contributed by atoms with Crippen molar-refractivity contribution in [1.29, 1.82) is 0 Å². The Morgan fingerprint density at radius 1 is 1.11 bits per heavy atom. The number of benzene rings is 2. The van der Waals surface area contributed by atoms with Gasteiger partial charge in [0.05, 0.1) is 13.2 Å². The van der Waals surface area contributed by atoms with Crippen molar-refractivity contribution in [3.8, 4) is 11.5 Å². The number of carbonyl (C=O) groups is 2. The number of aryl methyl sites for hydroxylation is 1. The highest BCUT2D eigenvalue weighted by Crippen LogP contribution is 2.35. The fraction of sp³-hybridized carbons (Fsp3) is 0.385. The maximum Gasteiger partial charge on any atom is 0.336 e. The summed E-state index contributed by atoms with van der Waals surface area (Å²) in [7, 11) is 1.58. The number of aliphatic carboxylic acids is 1. The Labute approximate surface area is 203 Å². The summed E-state index contributed by atoms with van der Waals surface area (Å²) >= 11 is 0. The van der Waals surface area contributed by atoms with Crippen LogP contribution in [0.1, 0.15) is 30.4 Å². The van der Waals surface area contributed by atoms with E-state index in [1.165, 1.54) is 18.2 Å². The molecule has 0 aromatic heterocycles. The van der Waals surface area contributed by atoms with Gasteiger partial charge in [0.2, 0.25) is 0 Å². The number of hydrogen-bond donors (Lipinski definition) is 4. The fourth-order valence-electron chi connectivity index (χ4n) is 4.01. The molecule has 0 bridgehead atoms. The van der Waals surface area contributed by atoms with Gasteiger partial charge in [-0.25, -0.2) is 9.59 Å². The smallest absolute Gasteiger partial charge is 0.336 e. The van der Waals surface area contributed by atoms with Crippen LogP contribution in [0, 0.1) is 0 Å². The second kappa shape index (κ2) is 11.8. The fourth-order valence-corrected chi connectivity index (χ4v) is 4.01. The van der Waals surface area contributed by atoms with Gasteiger partial charge in [-0.05, 0) is 54.3 Å². The Balaban J connectivity index is 1.61. The molecule has 188 valence electrons. The number of ether oxygens (including phenoxy) is 3. The molecule has 4 atom stereocenters. The minimum Gasteiger partial charge on any atom is -0.508 e. The zero-order valence-corrected chi connectivity index (χ0v) is 19.4. The third kappa shape index (κ3) is 7.05. The van der Waals surface area contributed by atoms with Gasteiger partial charge in [-0.3, -0.25) is 0 Å². The van der Waals surface area contributed by atoms with Crippen LogP contribution in [-0.2, 0) is 25.5 Å². The molecule has 2 aromatic carbocycles. The van der Waals surface area contributed by atoms with E-state index in [1.54, 1.807) is 19.2 Å². The molecule has 0 radical (unpaired) electrons. The maximum absolute atomic E-state index is 12.3. The first-order chi connectivity index (χ1) is 16.7. The predicted molar refractivity (Wildman–Crippen MR) is 126 cm³/mol. The molecule has 9 heteroatoms. The number of esters is 1. The molecule has 1 aliphatic rings. The number of methoxy groups -OCH3 is 1. The van der Waals surface area contributed by atoms with Gasteiger partial charge in [-0.2, -0.15) is 0 Å². The lowest BCUT2D eigenvalue weighted by Crippen LogP contribution is -2.58. The monoisotopic (exact) mass is 486 g/mol. The van der Waals surface area contributed by atoms with Crippen molar-refractivity contribution in [1.82, 2.24) is 0 Å². The molecular weight excluding hydrogens is 456 g/mol. The van der Waals surface area contributed by atoms with E-state index in [0.717, 1.165) is 17.4 Å². The van der Waals surface area contributed by atoms with Crippen molar-refractivity contribution in [3.63, 3.8) is 0 Å². The highest BCUT2D eigenvalue weighted by atomic mass is 16.6. The second-order valence-corrected chi connectivity index (χ2v) is 8.47. The Hall–Kier alpha value is -3.40. The van der Waals surface area contributed by atoms with Gasteiger partial charge in [-0.15, -0.1) is 0 Å². The topological polar surface area (TPSA) is 143 Å². The number of aromatic hydroxyl groups is 1. The van der Waals surface area contributed by atoms with Crippen LogP contribution < -0.4 is 4.74 Å². The second-order valence-electron chi connectivity index (χ2n) is 8.47. The molecule has 9 nitrogen and oxygen atoms in total. The number of aliphatic hydroxyl groups excluding tert-OH is 2. The Bertz CT molecular complexity index is 1030. The van der Waals surface area contributed by atoms with Gasteiger partial charge in [0.1, 0.15) is 23.7 Å². The van der Waals surface area contributed by atoms with Crippen LogP contribution in [-0.4, -0.2) is 70.0 Å². The van der Waals surface area contributed by atoms with Crippen LogP contribution in [0.5, 0.6) is 11.5 Å². The molecule has 1 saturated carbocycles. The summed E-state index contributed by atoms with van der Waals surface area (Å²) in [5.74, 6) is -1.31. The number of hydrogen-bond acceptors (Lipinski definition) is 8. The third-order valence-electron chi connectivity index (χ3n) is 5.93. The van der Waals surface area contributed by atoms with E-state index in [1.807, 2.05) is 24.3 Å². The first-order valence-corrected chi connectivity index (χ1v) is 11.3. The summed E-state index contributed by atoms with van der Waals surface area (Å²) in [6.07, 6.45) is -1.10. The van der Waals surface area contributed by atoms with Crippen molar-refractivity contribution in [2.24, 2.45) is 0 Å². The highest BCUT2D eigenvalue weighted by molar-refractivity contribution is 5.87. The minimum absolute atomic E-state index is 0.0811. The number of phenols is 1. The van der Waals surface area contributed by atoms with E-state index in [4.69, 9.17) is 14.2 Å². The van der Waals surface area contributed by atoms with E-state index in [0.29, 0.717) is 18.4 Å². The number of carboxylic acids is 1. The van der Waals surface area contributed by atoms with E-state index in [9.17, 15) is 30.0 Å². The van der Waals surface area contributed by atoms with Crippen LogP contribution in [0.3, 0.4) is 0 Å². The lowest BCUT2D eigenvalue weighted by Gasteiger charge is -2.41. The first-order valence-electron chi connectivity index (χ1n) is 11.3. The molecule has 2 aromatic rings. The quantitative estimate of drug-likeness (QED) is 0.226. The normalized spacial score (nSPS) is 24.3. The van der Waals surface area contributed by atoms with Gasteiger partial charge in [0.15, 0.2) is 5.60 Å². The van der Waals surface area contributed by atoms with Crippen LogP contribution in [0.4, 0.5) is 0 Å². The molecular formula is C26H30O9. The van der Waals surface area contributed by atoms with Crippen LogP contribution in [0.25, 0.3) is 6.08 Å². The van der Waals surface area contributed by atoms with E-state index in [-0.39, 0.29) is 25.2 Å². The summed E-state index contributed by atoms with van der Waals surface area (Å²) in [5.41, 5.74) is -0.176. The molecule has 0 saturated heterocycles. The molecule has 0 heterocycles. The number of phenolic OH excluding ortho intramolecular Hbond substituents is 1. The molecule has 1 fully saturated rings. The third-order valence-corrected chi connectivity index (χ3v) is 5.93. The van der Waals surface area contributed by atoms with E-state index < -0.39 is 35.9 Å². The van der Waals surface area contributed by atoms with Crippen molar-refractivity contribution in [3.05, 3.63) is 65.7 Å². The molecule has 0 spiro atoms. The van der Waals surface area contributed by atoms with Crippen molar-refractivity contribution >= 4 is 18.0 Å². The van der Waals surface area contributed by atoms with Gasteiger partial charge in [-0.1, -0.05) is 24.3 Å².